The van der Waals surface area contributed by atoms with Crippen LogP contribution in [-0.2, 0) is 4.79 Å². The van der Waals surface area contributed by atoms with E-state index in [1.807, 2.05) is 6.07 Å². The summed E-state index contributed by atoms with van der Waals surface area (Å²) in [5.41, 5.74) is 0.817. The van der Waals surface area contributed by atoms with E-state index in [0.717, 1.165) is 31.5 Å². The van der Waals surface area contributed by atoms with Gasteiger partial charge in [-0.25, -0.2) is 4.79 Å². The summed E-state index contributed by atoms with van der Waals surface area (Å²) in [4.78, 5) is 13.0. The van der Waals surface area contributed by atoms with Crippen LogP contribution in [0, 0.1) is 17.2 Å². The Bertz CT molecular complexity index is 346. The van der Waals surface area contributed by atoms with Crippen molar-refractivity contribution >= 4 is 18.4 Å². The molecule has 0 aromatic carbocycles. The molecule has 2 unspecified atom stereocenters. The van der Waals surface area contributed by atoms with E-state index >= 15 is 0 Å². The smallest absolute Gasteiger partial charge is 0.346 e. The van der Waals surface area contributed by atoms with Crippen molar-refractivity contribution in [1.29, 1.82) is 5.26 Å². The standard InChI is InChI=1S/C10H12N2O2.ClH/c11-4-8(10(13)14)9-6-12-3-1-2-7(9)5-12;/h7H,1-3,5-6H2,(H,13,14);1H/b9-8-;. The zero-order valence-corrected chi connectivity index (χ0v) is 9.09. The van der Waals surface area contributed by atoms with Gasteiger partial charge in [-0.05, 0) is 30.9 Å². The van der Waals surface area contributed by atoms with E-state index in [-0.39, 0.29) is 18.0 Å². The van der Waals surface area contributed by atoms with Crippen molar-refractivity contribution in [2.75, 3.05) is 19.6 Å². The van der Waals surface area contributed by atoms with Crippen LogP contribution in [0.5, 0.6) is 0 Å². The lowest BCUT2D eigenvalue weighted by atomic mass is 9.93. The predicted molar refractivity (Wildman–Crippen MR) is 56.7 cm³/mol. The van der Waals surface area contributed by atoms with Crippen LogP contribution in [0.1, 0.15) is 12.8 Å². The van der Waals surface area contributed by atoms with E-state index in [1.165, 1.54) is 0 Å². The van der Waals surface area contributed by atoms with E-state index in [1.54, 1.807) is 0 Å². The quantitative estimate of drug-likeness (QED) is 0.538. The lowest BCUT2D eigenvalue weighted by Gasteiger charge is -2.20. The second-order valence-electron chi connectivity index (χ2n) is 3.89. The molecule has 0 aliphatic carbocycles. The van der Waals surface area contributed by atoms with Crippen LogP contribution < -0.4 is 0 Å². The van der Waals surface area contributed by atoms with Gasteiger partial charge in [0.25, 0.3) is 0 Å². The third-order valence-electron chi connectivity index (χ3n) is 3.04. The first-order valence-corrected chi connectivity index (χ1v) is 4.81. The topological polar surface area (TPSA) is 64.3 Å². The largest absolute Gasteiger partial charge is 0.477 e. The van der Waals surface area contributed by atoms with Gasteiger partial charge in [0.1, 0.15) is 11.6 Å². The molecular weight excluding hydrogens is 216 g/mol. The van der Waals surface area contributed by atoms with Crippen LogP contribution in [0.25, 0.3) is 0 Å². The number of carboxylic acids is 1. The molecule has 0 aromatic heterocycles. The van der Waals surface area contributed by atoms with E-state index in [2.05, 4.69) is 4.90 Å². The Morgan fingerprint density at radius 2 is 2.33 bits per heavy atom. The highest BCUT2D eigenvalue weighted by atomic mass is 35.5. The third-order valence-corrected chi connectivity index (χ3v) is 3.04. The maximum Gasteiger partial charge on any atom is 0.346 e. The number of halogens is 1. The first-order valence-electron chi connectivity index (χ1n) is 4.81. The zero-order chi connectivity index (χ0) is 10.1. The molecule has 0 radical (unpaired) electrons. The van der Waals surface area contributed by atoms with Crippen molar-refractivity contribution in [1.82, 2.24) is 4.90 Å². The fourth-order valence-electron chi connectivity index (χ4n) is 2.39. The maximum atomic E-state index is 10.8. The lowest BCUT2D eigenvalue weighted by Crippen LogP contribution is -2.25. The minimum Gasteiger partial charge on any atom is -0.477 e. The van der Waals surface area contributed by atoms with E-state index in [4.69, 9.17) is 10.4 Å². The van der Waals surface area contributed by atoms with Crippen molar-refractivity contribution in [3.63, 3.8) is 0 Å². The molecule has 2 saturated heterocycles. The first kappa shape index (κ1) is 12.0. The van der Waals surface area contributed by atoms with E-state index in [9.17, 15) is 4.79 Å². The highest BCUT2D eigenvalue weighted by molar-refractivity contribution is 5.92. The Morgan fingerprint density at radius 3 is 2.87 bits per heavy atom. The van der Waals surface area contributed by atoms with Crippen molar-refractivity contribution in [2.24, 2.45) is 5.92 Å². The van der Waals surface area contributed by atoms with Gasteiger partial charge < -0.3 is 5.11 Å². The second-order valence-corrected chi connectivity index (χ2v) is 3.89. The molecule has 4 nitrogen and oxygen atoms in total. The molecule has 0 spiro atoms. The van der Waals surface area contributed by atoms with Crippen LogP contribution in [0.15, 0.2) is 11.1 Å². The Kier molecular flexibility index (Phi) is 3.72. The average molecular weight is 229 g/mol. The molecule has 0 amide bonds. The molecule has 2 aliphatic heterocycles. The molecule has 2 atom stereocenters. The summed E-state index contributed by atoms with van der Waals surface area (Å²) in [6.07, 6.45) is 2.15. The van der Waals surface area contributed by atoms with Crippen LogP contribution in [-0.4, -0.2) is 35.6 Å². The minimum atomic E-state index is -1.07. The molecule has 82 valence electrons. The number of carboxylic acid groups (broad SMARTS) is 1. The molecule has 1 N–H and O–H groups in total. The summed E-state index contributed by atoms with van der Waals surface area (Å²) in [6, 6.07) is 1.81. The molecule has 2 rings (SSSR count). The molecule has 2 bridgehead atoms. The van der Waals surface area contributed by atoms with Crippen LogP contribution in [0.2, 0.25) is 0 Å². The predicted octanol–water partition coefficient (Wildman–Crippen LogP) is 1.04. The average Bonchev–Trinajstić information content (AvgIpc) is 2.43. The lowest BCUT2D eigenvalue weighted by molar-refractivity contribution is -0.132. The van der Waals surface area contributed by atoms with E-state index in [0.29, 0.717) is 12.5 Å². The summed E-state index contributed by atoms with van der Waals surface area (Å²) in [5, 5.41) is 17.6. The van der Waals surface area contributed by atoms with Crippen molar-refractivity contribution in [3.8, 4) is 6.07 Å². The van der Waals surface area contributed by atoms with Crippen LogP contribution in [0.4, 0.5) is 0 Å². The maximum absolute atomic E-state index is 10.8. The number of aliphatic carboxylic acids is 1. The molecule has 0 saturated carbocycles. The molecular formula is C10H13ClN2O2. The third kappa shape index (κ3) is 2.14. The van der Waals surface area contributed by atoms with Crippen LogP contribution >= 0.6 is 12.4 Å². The molecule has 2 aliphatic rings. The molecule has 2 heterocycles. The minimum absolute atomic E-state index is 0. The van der Waals surface area contributed by atoms with Gasteiger partial charge in [-0.1, -0.05) is 0 Å². The summed E-state index contributed by atoms with van der Waals surface area (Å²) in [7, 11) is 0. The van der Waals surface area contributed by atoms with Crippen LogP contribution in [0.3, 0.4) is 0 Å². The van der Waals surface area contributed by atoms with Gasteiger partial charge in [0.05, 0.1) is 0 Å². The van der Waals surface area contributed by atoms with Gasteiger partial charge in [0, 0.05) is 13.1 Å². The molecule has 5 heteroatoms. The van der Waals surface area contributed by atoms with Gasteiger partial charge in [-0.15, -0.1) is 12.4 Å². The highest BCUT2D eigenvalue weighted by Crippen LogP contribution is 2.33. The van der Waals surface area contributed by atoms with Gasteiger partial charge >= 0.3 is 5.97 Å². The molecule has 15 heavy (non-hydrogen) atoms. The number of hydrogen-bond acceptors (Lipinski definition) is 3. The fraction of sp³-hybridized carbons (Fsp3) is 0.600. The van der Waals surface area contributed by atoms with Crippen molar-refractivity contribution < 1.29 is 9.90 Å². The number of rotatable bonds is 1. The summed E-state index contributed by atoms with van der Waals surface area (Å²) in [6.45, 7) is 2.66. The first-order chi connectivity index (χ1) is 6.72. The highest BCUT2D eigenvalue weighted by Gasteiger charge is 2.34. The SMILES string of the molecule is Cl.N#C/C(C(=O)O)=C1\CN2CCCC1C2. The van der Waals surface area contributed by atoms with Gasteiger partial charge in [-0.3, -0.25) is 4.90 Å². The van der Waals surface area contributed by atoms with Crippen molar-refractivity contribution in [3.05, 3.63) is 11.1 Å². The second kappa shape index (κ2) is 4.65. The Morgan fingerprint density at radius 1 is 1.60 bits per heavy atom. The molecule has 2 fully saturated rings. The number of nitrogens with zero attached hydrogens (tertiary/aromatic N) is 2. The number of fused-ring (bicyclic) bond motifs is 2. The van der Waals surface area contributed by atoms with Gasteiger partial charge in [0.15, 0.2) is 0 Å². The molecule has 0 aromatic rings. The van der Waals surface area contributed by atoms with Crippen molar-refractivity contribution in [2.45, 2.75) is 12.8 Å². The van der Waals surface area contributed by atoms with Gasteiger partial charge in [0.2, 0.25) is 0 Å². The fourth-order valence-corrected chi connectivity index (χ4v) is 2.39. The number of carbonyl (C=O) groups is 1. The summed E-state index contributed by atoms with van der Waals surface area (Å²) < 4.78 is 0. The Labute approximate surface area is 94.6 Å². The number of piperidine rings is 1. The Hall–Kier alpha value is -1.05. The zero-order valence-electron chi connectivity index (χ0n) is 8.27. The number of nitriles is 1. The monoisotopic (exact) mass is 228 g/mol. The van der Waals surface area contributed by atoms with Gasteiger partial charge in [-0.2, -0.15) is 5.26 Å². The Balaban J connectivity index is 0.00000112. The summed E-state index contributed by atoms with van der Waals surface area (Å²) >= 11 is 0. The van der Waals surface area contributed by atoms with E-state index < -0.39 is 5.97 Å². The number of hydrogen-bond donors (Lipinski definition) is 1. The normalized spacial score (nSPS) is 31.4. The summed E-state index contributed by atoms with van der Waals surface area (Å²) in [5.74, 6) is -0.759.